The van der Waals surface area contributed by atoms with Crippen molar-refractivity contribution in [3.63, 3.8) is 0 Å². The molecule has 0 spiro atoms. The minimum atomic E-state index is -1.58. The number of aromatic hydroxyl groups is 1. The number of aliphatic hydroxyl groups is 2. The third-order valence-corrected chi connectivity index (χ3v) is 7.75. The van der Waals surface area contributed by atoms with Crippen LogP contribution < -0.4 is 15.5 Å². The molecule has 6 atom stereocenters. The van der Waals surface area contributed by atoms with E-state index < -0.39 is 55.2 Å². The van der Waals surface area contributed by atoms with Gasteiger partial charge in [0.25, 0.3) is 0 Å². The predicted molar refractivity (Wildman–Crippen MR) is 167 cm³/mol. The average Bonchev–Trinajstić information content (AvgIpc) is 3.07. The lowest BCUT2D eigenvalue weighted by Crippen LogP contribution is -2.61. The van der Waals surface area contributed by atoms with Crippen molar-refractivity contribution >= 4 is 22.9 Å². The van der Waals surface area contributed by atoms with E-state index in [1.807, 2.05) is 30.3 Å². The number of benzene rings is 3. The molecule has 3 aromatic carbocycles. The van der Waals surface area contributed by atoms with E-state index in [1.54, 1.807) is 12.1 Å². The molecule has 13 nitrogen and oxygen atoms in total. The normalized spacial score (nSPS) is 21.6. The summed E-state index contributed by atoms with van der Waals surface area (Å²) in [6.45, 7) is -0.617. The van der Waals surface area contributed by atoms with Crippen molar-refractivity contribution < 1.29 is 53.4 Å². The summed E-state index contributed by atoms with van der Waals surface area (Å²) in [6.07, 6.45) is -5.17. The van der Waals surface area contributed by atoms with Gasteiger partial charge in [0, 0.05) is 12.6 Å². The van der Waals surface area contributed by atoms with E-state index in [-0.39, 0.29) is 41.0 Å². The first-order valence-corrected chi connectivity index (χ1v) is 14.9. The molecule has 1 aliphatic rings. The summed E-state index contributed by atoms with van der Waals surface area (Å²) in [5.41, 5.74) is 1.72. The maximum Gasteiger partial charge on any atom is 0.321 e. The van der Waals surface area contributed by atoms with Crippen molar-refractivity contribution in [2.75, 3.05) is 26.8 Å². The zero-order chi connectivity index (χ0) is 33.5. The molecule has 47 heavy (non-hydrogen) atoms. The van der Waals surface area contributed by atoms with Gasteiger partial charge in [0.15, 0.2) is 11.3 Å². The van der Waals surface area contributed by atoms with Crippen LogP contribution in [0.4, 0.5) is 0 Å². The minimum Gasteiger partial charge on any atom is -0.508 e. The van der Waals surface area contributed by atoms with E-state index in [9.17, 15) is 34.8 Å². The van der Waals surface area contributed by atoms with Crippen molar-refractivity contribution in [2.45, 2.75) is 37.1 Å². The van der Waals surface area contributed by atoms with E-state index in [0.717, 1.165) is 5.56 Å². The summed E-state index contributed by atoms with van der Waals surface area (Å²) in [7, 11) is 1.49. The van der Waals surface area contributed by atoms with Crippen molar-refractivity contribution in [1.29, 1.82) is 0 Å². The van der Waals surface area contributed by atoms with Crippen LogP contribution in [0.5, 0.6) is 11.5 Å². The lowest BCUT2D eigenvalue weighted by Gasteiger charge is -2.42. The van der Waals surface area contributed by atoms with E-state index in [2.05, 4.69) is 5.32 Å². The smallest absolute Gasteiger partial charge is 0.321 e. The van der Waals surface area contributed by atoms with E-state index >= 15 is 0 Å². The third-order valence-electron chi connectivity index (χ3n) is 7.75. The number of phenolic OH excluding ortho intramolecular Hbond substituents is 1. The first-order chi connectivity index (χ1) is 22.7. The van der Waals surface area contributed by atoms with Gasteiger partial charge in [-0.15, -0.1) is 0 Å². The molecule has 248 valence electrons. The highest BCUT2D eigenvalue weighted by Crippen LogP contribution is 2.29. The monoisotopic (exact) mass is 649 g/mol. The van der Waals surface area contributed by atoms with Crippen molar-refractivity contribution in [3.05, 3.63) is 94.8 Å². The molecule has 13 heteroatoms. The molecule has 4 aromatic rings. The van der Waals surface area contributed by atoms with Gasteiger partial charge in [0.05, 0.1) is 17.6 Å². The maximum atomic E-state index is 13.2. The number of esters is 1. The van der Waals surface area contributed by atoms with Gasteiger partial charge in [-0.2, -0.15) is 0 Å². The van der Waals surface area contributed by atoms with Gasteiger partial charge < -0.3 is 49.1 Å². The number of hydrogen-bond donors (Lipinski definition) is 5. The second-order valence-corrected chi connectivity index (χ2v) is 11.0. The largest absolute Gasteiger partial charge is 0.508 e. The molecule has 1 aromatic heterocycles. The summed E-state index contributed by atoms with van der Waals surface area (Å²) in [5.74, 6) is -3.69. The van der Waals surface area contributed by atoms with Crippen molar-refractivity contribution in [1.82, 2.24) is 5.32 Å². The molecule has 0 radical (unpaired) electrons. The average molecular weight is 650 g/mol. The molecule has 5 N–H and O–H groups in total. The number of carboxylic acid groups (broad SMARTS) is 1. The number of aliphatic carboxylic acids is 1. The van der Waals surface area contributed by atoms with Crippen LogP contribution in [0.15, 0.2) is 88.3 Å². The Morgan fingerprint density at radius 3 is 2.45 bits per heavy atom. The Hall–Kier alpha value is -4.79. The number of fused-ring (bicyclic) bond motifs is 1. The Balaban J connectivity index is 1.36. The molecule has 1 aliphatic heterocycles. The highest BCUT2D eigenvalue weighted by molar-refractivity contribution is 5.94. The van der Waals surface area contributed by atoms with Crippen molar-refractivity contribution in [3.8, 4) is 22.6 Å². The third kappa shape index (κ3) is 7.96. The standard InChI is InChI=1S/C34H35NO12/c1-35-16-24(32(40)41)33(42)45-18-27-29(38)30(39)31(43-14-13-19-5-3-2-4-6-19)34(47-27)46-22-11-12-23-26(15-22)44-17-25(28(23)37)20-7-9-21(36)10-8-20/h2-12,15,17,24,27,29-31,34-36,38-39H,13-14,16,18H2,1H3,(H,40,41)/t24-,27+,29-,30+,31-,34-/m0/s1. The number of rotatable bonds is 13. The van der Waals surface area contributed by atoms with E-state index in [1.165, 1.54) is 43.6 Å². The Kier molecular flexibility index (Phi) is 10.9. The van der Waals surface area contributed by atoms with Gasteiger partial charge in [0.2, 0.25) is 6.29 Å². The fourth-order valence-corrected chi connectivity index (χ4v) is 5.17. The number of carbonyl (C=O) groups is 2. The van der Waals surface area contributed by atoms with E-state index in [0.29, 0.717) is 17.5 Å². The highest BCUT2D eigenvalue weighted by atomic mass is 16.7. The maximum absolute atomic E-state index is 13.2. The van der Waals surface area contributed by atoms with Gasteiger partial charge in [-0.1, -0.05) is 42.5 Å². The van der Waals surface area contributed by atoms with Gasteiger partial charge in [0.1, 0.15) is 54.4 Å². The number of phenols is 1. The van der Waals surface area contributed by atoms with Crippen LogP contribution in [-0.4, -0.2) is 89.9 Å². The highest BCUT2D eigenvalue weighted by Gasteiger charge is 2.47. The summed E-state index contributed by atoms with van der Waals surface area (Å²) in [4.78, 5) is 37.2. The number of ether oxygens (including phenoxy) is 4. The van der Waals surface area contributed by atoms with Crippen LogP contribution >= 0.6 is 0 Å². The van der Waals surface area contributed by atoms with Crippen LogP contribution in [-0.2, 0) is 30.2 Å². The van der Waals surface area contributed by atoms with Gasteiger partial charge in [-0.3, -0.25) is 14.4 Å². The van der Waals surface area contributed by atoms with E-state index in [4.69, 9.17) is 23.4 Å². The Morgan fingerprint density at radius 2 is 1.74 bits per heavy atom. The topological polar surface area (TPSA) is 194 Å². The lowest BCUT2D eigenvalue weighted by atomic mass is 9.99. The fourth-order valence-electron chi connectivity index (χ4n) is 5.17. The van der Waals surface area contributed by atoms with Crippen molar-refractivity contribution in [2.24, 2.45) is 5.92 Å². The number of nitrogens with one attached hydrogen (secondary N) is 1. The zero-order valence-corrected chi connectivity index (χ0v) is 25.4. The zero-order valence-electron chi connectivity index (χ0n) is 25.4. The lowest BCUT2D eigenvalue weighted by molar-refractivity contribution is -0.288. The second kappa shape index (κ2) is 15.2. The molecular weight excluding hydrogens is 614 g/mol. The first-order valence-electron chi connectivity index (χ1n) is 14.9. The second-order valence-electron chi connectivity index (χ2n) is 11.0. The molecule has 0 bridgehead atoms. The molecule has 1 fully saturated rings. The molecule has 0 saturated carbocycles. The number of carboxylic acids is 1. The summed E-state index contributed by atoms with van der Waals surface area (Å²) >= 11 is 0. The molecule has 0 unspecified atom stereocenters. The summed E-state index contributed by atoms with van der Waals surface area (Å²) in [6, 6.07) is 20.1. The van der Waals surface area contributed by atoms with Crippen LogP contribution in [0.25, 0.3) is 22.1 Å². The van der Waals surface area contributed by atoms with Crippen LogP contribution in [0.1, 0.15) is 5.56 Å². The summed E-state index contributed by atoms with van der Waals surface area (Å²) in [5, 5.41) is 43.8. The molecule has 0 aliphatic carbocycles. The molecule has 1 saturated heterocycles. The number of carbonyl (C=O) groups excluding carboxylic acids is 1. The Bertz CT molecular complexity index is 1730. The quantitative estimate of drug-likeness (QED) is 0.104. The first kappa shape index (κ1) is 33.6. The molecular formula is C34H35NO12. The predicted octanol–water partition coefficient (Wildman–Crippen LogP) is 2.08. The molecule has 2 heterocycles. The Morgan fingerprint density at radius 1 is 1.00 bits per heavy atom. The van der Waals surface area contributed by atoms with Gasteiger partial charge in [-0.25, -0.2) is 0 Å². The molecule has 5 rings (SSSR count). The van der Waals surface area contributed by atoms with Crippen LogP contribution in [0.2, 0.25) is 0 Å². The molecule has 0 amide bonds. The fraction of sp³-hybridized carbons (Fsp3) is 0.324. The summed E-state index contributed by atoms with van der Waals surface area (Å²) < 4.78 is 28.9. The minimum absolute atomic E-state index is 0.0595. The van der Waals surface area contributed by atoms with Crippen LogP contribution in [0, 0.1) is 5.92 Å². The van der Waals surface area contributed by atoms with Gasteiger partial charge >= 0.3 is 11.9 Å². The number of hydrogen-bond acceptors (Lipinski definition) is 12. The Labute approximate surface area is 268 Å². The van der Waals surface area contributed by atoms with Crippen LogP contribution in [0.3, 0.4) is 0 Å². The van der Waals surface area contributed by atoms with Gasteiger partial charge in [-0.05, 0) is 48.9 Å². The SMILES string of the molecule is CNC[C@@H](C(=O)O)C(=O)OC[C@H]1O[C@H](Oc2ccc3c(=O)c(-c4ccc(O)cc4)coc3c2)[C@@H](OCCc2ccccc2)[C@H](O)[C@H]1O. The number of aliphatic hydroxyl groups excluding tert-OH is 2.